The number of carbonyl (C=O) groups excluding carboxylic acids is 3. The van der Waals surface area contributed by atoms with Gasteiger partial charge in [0, 0.05) is 25.9 Å². The Balaban J connectivity index is 1.68. The number of hydrogen-bond acceptors (Lipinski definition) is 4. The van der Waals surface area contributed by atoms with Gasteiger partial charge in [0.2, 0.25) is 11.8 Å². The molecule has 7 nitrogen and oxygen atoms in total. The molecule has 0 aromatic heterocycles. The molecule has 1 aromatic carbocycles. The van der Waals surface area contributed by atoms with Crippen molar-refractivity contribution in [2.24, 2.45) is 5.10 Å². The minimum atomic E-state index is -0.386. The molecule has 3 rings (SSSR count). The summed E-state index contributed by atoms with van der Waals surface area (Å²) in [5, 5.41) is 8.26. The number of benzene rings is 1. The van der Waals surface area contributed by atoms with E-state index >= 15 is 0 Å². The van der Waals surface area contributed by atoms with E-state index in [9.17, 15) is 14.4 Å². The largest absolute Gasteiger partial charge is 0.342 e. The van der Waals surface area contributed by atoms with Gasteiger partial charge in [0.1, 0.15) is 5.71 Å². The van der Waals surface area contributed by atoms with Gasteiger partial charge in [0.05, 0.1) is 12.2 Å². The Bertz CT molecular complexity index is 781. The number of nitrogens with zero attached hydrogens (tertiary/aromatic N) is 3. The molecule has 1 fully saturated rings. The Morgan fingerprint density at radius 1 is 1.11 bits per heavy atom. The van der Waals surface area contributed by atoms with Gasteiger partial charge in [-0.25, -0.2) is 5.01 Å². The van der Waals surface area contributed by atoms with Crippen molar-refractivity contribution in [2.75, 3.05) is 24.6 Å². The van der Waals surface area contributed by atoms with E-state index in [0.29, 0.717) is 5.69 Å². The van der Waals surface area contributed by atoms with Gasteiger partial charge in [-0.05, 0) is 50.3 Å². The fraction of sp³-hybridized carbons (Fsp3) is 0.500. The number of aryl methyl sites for hydroxylation is 2. The predicted octanol–water partition coefficient (Wildman–Crippen LogP) is 1.91. The van der Waals surface area contributed by atoms with Crippen LogP contribution in [0.25, 0.3) is 0 Å². The standard InChI is InChI=1S/C20H26N4O3/c1-14-6-7-15(2)17(12-14)24-18(25)9-8-16(22-24)20(27)21-13-19(26)23-10-4-3-5-11-23/h6-7,12H,3-5,8-11,13H2,1-2H3,(H,21,27). The molecule has 0 radical (unpaired) electrons. The minimum absolute atomic E-state index is 0.0325. The van der Waals surface area contributed by atoms with Crippen LogP contribution in [0.5, 0.6) is 0 Å². The van der Waals surface area contributed by atoms with Gasteiger partial charge in [0.25, 0.3) is 5.91 Å². The molecule has 0 spiro atoms. The number of anilines is 1. The van der Waals surface area contributed by atoms with Crippen LogP contribution in [0.3, 0.4) is 0 Å². The first-order chi connectivity index (χ1) is 13.0. The minimum Gasteiger partial charge on any atom is -0.342 e. The summed E-state index contributed by atoms with van der Waals surface area (Å²) >= 11 is 0. The van der Waals surface area contributed by atoms with Crippen molar-refractivity contribution in [2.45, 2.75) is 46.0 Å². The summed E-state index contributed by atoms with van der Waals surface area (Å²) in [4.78, 5) is 38.8. The third-order valence-electron chi connectivity index (χ3n) is 5.00. The zero-order chi connectivity index (χ0) is 19.4. The van der Waals surface area contributed by atoms with Crippen LogP contribution < -0.4 is 10.3 Å². The average molecular weight is 370 g/mol. The van der Waals surface area contributed by atoms with Gasteiger partial charge in [-0.1, -0.05) is 12.1 Å². The summed E-state index contributed by atoms with van der Waals surface area (Å²) in [5.74, 6) is -0.588. The molecule has 1 saturated heterocycles. The third kappa shape index (κ3) is 4.53. The van der Waals surface area contributed by atoms with Crippen LogP contribution in [-0.2, 0) is 14.4 Å². The SMILES string of the molecule is Cc1ccc(C)c(N2N=C(C(=O)NCC(=O)N3CCCCC3)CCC2=O)c1. The molecule has 3 amide bonds. The summed E-state index contributed by atoms with van der Waals surface area (Å²) in [6.07, 6.45) is 3.68. The number of hydrogen-bond donors (Lipinski definition) is 1. The molecule has 0 bridgehead atoms. The maximum atomic E-state index is 12.5. The highest BCUT2D eigenvalue weighted by Crippen LogP contribution is 2.25. The zero-order valence-electron chi connectivity index (χ0n) is 16.0. The smallest absolute Gasteiger partial charge is 0.267 e. The Hall–Kier alpha value is -2.70. The van der Waals surface area contributed by atoms with E-state index < -0.39 is 0 Å². The lowest BCUT2D eigenvalue weighted by molar-refractivity contribution is -0.132. The first-order valence-corrected chi connectivity index (χ1v) is 9.49. The van der Waals surface area contributed by atoms with Crippen LogP contribution in [0, 0.1) is 13.8 Å². The van der Waals surface area contributed by atoms with Crippen molar-refractivity contribution < 1.29 is 14.4 Å². The van der Waals surface area contributed by atoms with Gasteiger partial charge >= 0.3 is 0 Å². The van der Waals surface area contributed by atoms with Crippen molar-refractivity contribution in [3.05, 3.63) is 29.3 Å². The second-order valence-electron chi connectivity index (χ2n) is 7.17. The van der Waals surface area contributed by atoms with Crippen LogP contribution in [-0.4, -0.2) is 48.0 Å². The zero-order valence-corrected chi connectivity index (χ0v) is 16.0. The molecule has 0 unspecified atom stereocenters. The first kappa shape index (κ1) is 19.1. The van der Waals surface area contributed by atoms with Gasteiger partial charge in [-0.15, -0.1) is 0 Å². The van der Waals surface area contributed by atoms with E-state index in [2.05, 4.69) is 10.4 Å². The van der Waals surface area contributed by atoms with Crippen LogP contribution in [0.4, 0.5) is 5.69 Å². The van der Waals surface area contributed by atoms with E-state index in [1.165, 1.54) is 5.01 Å². The van der Waals surface area contributed by atoms with Crippen molar-refractivity contribution in [1.29, 1.82) is 0 Å². The number of likely N-dealkylation sites (tertiary alicyclic amines) is 1. The van der Waals surface area contributed by atoms with Gasteiger partial charge in [0.15, 0.2) is 0 Å². The van der Waals surface area contributed by atoms with Crippen molar-refractivity contribution in [1.82, 2.24) is 10.2 Å². The molecule has 0 aliphatic carbocycles. The summed E-state index contributed by atoms with van der Waals surface area (Å²) < 4.78 is 0. The maximum absolute atomic E-state index is 12.5. The monoisotopic (exact) mass is 370 g/mol. The number of hydrazone groups is 1. The Kier molecular flexibility index (Phi) is 5.88. The number of nitrogens with one attached hydrogen (secondary N) is 1. The maximum Gasteiger partial charge on any atom is 0.267 e. The van der Waals surface area contributed by atoms with E-state index in [1.807, 2.05) is 32.0 Å². The number of piperidine rings is 1. The molecular formula is C20H26N4O3. The Morgan fingerprint density at radius 2 is 1.85 bits per heavy atom. The molecular weight excluding hydrogens is 344 g/mol. The van der Waals surface area contributed by atoms with Gasteiger partial charge in [-0.2, -0.15) is 5.10 Å². The second-order valence-corrected chi connectivity index (χ2v) is 7.17. The van der Waals surface area contributed by atoms with Crippen LogP contribution in [0.2, 0.25) is 0 Å². The van der Waals surface area contributed by atoms with E-state index in [-0.39, 0.29) is 42.8 Å². The number of amides is 3. The summed E-state index contributed by atoms with van der Waals surface area (Å²) in [5.41, 5.74) is 2.90. The molecule has 2 aliphatic rings. The third-order valence-corrected chi connectivity index (χ3v) is 5.00. The highest BCUT2D eigenvalue weighted by molar-refractivity contribution is 6.40. The summed E-state index contributed by atoms with van der Waals surface area (Å²) in [6, 6.07) is 5.79. The lowest BCUT2D eigenvalue weighted by Crippen LogP contribution is -2.45. The van der Waals surface area contributed by atoms with Crippen molar-refractivity contribution in [3.8, 4) is 0 Å². The molecule has 144 valence electrons. The van der Waals surface area contributed by atoms with Crippen LogP contribution in [0.15, 0.2) is 23.3 Å². The quantitative estimate of drug-likeness (QED) is 0.879. The van der Waals surface area contributed by atoms with Gasteiger partial charge in [-0.3, -0.25) is 14.4 Å². The number of rotatable bonds is 4. The van der Waals surface area contributed by atoms with Crippen molar-refractivity contribution >= 4 is 29.1 Å². The average Bonchev–Trinajstić information content (AvgIpc) is 2.69. The lowest BCUT2D eigenvalue weighted by atomic mass is 10.1. The lowest BCUT2D eigenvalue weighted by Gasteiger charge is -2.27. The summed E-state index contributed by atoms with van der Waals surface area (Å²) in [6.45, 7) is 5.33. The molecule has 1 aromatic rings. The van der Waals surface area contributed by atoms with Crippen molar-refractivity contribution in [3.63, 3.8) is 0 Å². The highest BCUT2D eigenvalue weighted by Gasteiger charge is 2.27. The summed E-state index contributed by atoms with van der Waals surface area (Å²) in [7, 11) is 0. The molecule has 2 aliphatic heterocycles. The molecule has 2 heterocycles. The first-order valence-electron chi connectivity index (χ1n) is 9.49. The number of carbonyl (C=O) groups is 3. The molecule has 7 heteroatoms. The second kappa shape index (κ2) is 8.33. The fourth-order valence-electron chi connectivity index (χ4n) is 3.37. The highest BCUT2D eigenvalue weighted by atomic mass is 16.2. The normalized spacial score (nSPS) is 17.6. The van der Waals surface area contributed by atoms with E-state index in [0.717, 1.165) is 43.5 Å². The Labute approximate surface area is 159 Å². The van der Waals surface area contributed by atoms with Crippen LogP contribution >= 0.6 is 0 Å². The topological polar surface area (TPSA) is 82.1 Å². The molecule has 1 N–H and O–H groups in total. The van der Waals surface area contributed by atoms with E-state index in [4.69, 9.17) is 0 Å². The Morgan fingerprint density at radius 3 is 2.59 bits per heavy atom. The van der Waals surface area contributed by atoms with E-state index in [1.54, 1.807) is 4.90 Å². The molecule has 27 heavy (non-hydrogen) atoms. The van der Waals surface area contributed by atoms with Crippen LogP contribution in [0.1, 0.15) is 43.2 Å². The molecule has 0 saturated carbocycles. The fourth-order valence-corrected chi connectivity index (χ4v) is 3.37. The predicted molar refractivity (Wildman–Crippen MR) is 104 cm³/mol. The van der Waals surface area contributed by atoms with Gasteiger partial charge < -0.3 is 10.2 Å². The molecule has 0 atom stereocenters.